The van der Waals surface area contributed by atoms with Crippen molar-refractivity contribution in [2.24, 2.45) is 0 Å². The maximum absolute atomic E-state index is 13.5. The Balaban J connectivity index is 1.52. The first-order valence-corrected chi connectivity index (χ1v) is 12.2. The van der Waals surface area contributed by atoms with Gasteiger partial charge in [0.2, 0.25) is 0 Å². The van der Waals surface area contributed by atoms with Crippen LogP contribution in [0.15, 0.2) is 60.2 Å². The molecule has 0 radical (unpaired) electrons. The van der Waals surface area contributed by atoms with Crippen molar-refractivity contribution in [2.45, 2.75) is 64.8 Å². The average molecular weight is 452 g/mol. The predicted molar refractivity (Wildman–Crippen MR) is 139 cm³/mol. The average Bonchev–Trinajstić information content (AvgIpc) is 3.10. The van der Waals surface area contributed by atoms with Crippen molar-refractivity contribution in [3.05, 3.63) is 88.0 Å². The second kappa shape index (κ2) is 7.66. The van der Waals surface area contributed by atoms with E-state index in [1.165, 1.54) is 11.1 Å². The number of hydrogen-bond acceptors (Lipinski definition) is 3. The van der Waals surface area contributed by atoms with Gasteiger partial charge >= 0.3 is 0 Å². The van der Waals surface area contributed by atoms with Crippen molar-refractivity contribution >= 4 is 17.3 Å². The fourth-order valence-corrected chi connectivity index (χ4v) is 5.99. The Labute approximate surface area is 202 Å². The van der Waals surface area contributed by atoms with E-state index in [2.05, 4.69) is 88.9 Å². The minimum Gasteiger partial charge on any atom is -0.367 e. The number of likely N-dealkylation sites (N-methyl/N-ethyl adjacent to an activating group) is 1. The summed E-state index contributed by atoms with van der Waals surface area (Å²) in [6.07, 6.45) is 1.92. The number of carbonyl (C=O) groups excluding carboxylic acids is 2. The van der Waals surface area contributed by atoms with Gasteiger partial charge in [-0.15, -0.1) is 0 Å². The Morgan fingerprint density at radius 2 is 1.62 bits per heavy atom. The van der Waals surface area contributed by atoms with Gasteiger partial charge in [0.1, 0.15) is 5.92 Å². The maximum Gasteiger partial charge on any atom is 0.181 e. The normalized spacial score (nSPS) is 21.3. The molecule has 1 unspecified atom stereocenters. The molecular formula is C31H33NO2. The fourth-order valence-electron chi connectivity index (χ4n) is 5.99. The number of para-hydroxylation sites is 1. The minimum absolute atomic E-state index is 0.0416. The van der Waals surface area contributed by atoms with Crippen LogP contribution < -0.4 is 4.90 Å². The number of fused-ring (bicyclic) bond motifs is 2. The minimum atomic E-state index is -0.691. The van der Waals surface area contributed by atoms with Gasteiger partial charge < -0.3 is 4.90 Å². The van der Waals surface area contributed by atoms with Gasteiger partial charge in [0.15, 0.2) is 11.6 Å². The second-order valence-electron chi connectivity index (χ2n) is 10.9. The molecule has 1 fully saturated rings. The highest BCUT2D eigenvalue weighted by molar-refractivity contribution is 6.42. The second-order valence-corrected chi connectivity index (χ2v) is 10.9. The topological polar surface area (TPSA) is 37.4 Å². The molecule has 34 heavy (non-hydrogen) atoms. The van der Waals surface area contributed by atoms with Crippen LogP contribution in [0, 0.1) is 13.8 Å². The SMILES string of the molecule is Cc1cc(C2C(=O)C(=CC3N(C)c4ccccc4C3(C)C)C2=O)c2c(C)ccc(C(C)C)cc1-2. The predicted octanol–water partition coefficient (Wildman–Crippen LogP) is 6.49. The Morgan fingerprint density at radius 1 is 0.941 bits per heavy atom. The molecule has 0 spiro atoms. The summed E-state index contributed by atoms with van der Waals surface area (Å²) in [5.41, 5.74) is 9.13. The lowest BCUT2D eigenvalue weighted by atomic mass is 9.70. The van der Waals surface area contributed by atoms with E-state index in [1.54, 1.807) is 0 Å². The van der Waals surface area contributed by atoms with Crippen molar-refractivity contribution in [1.82, 2.24) is 0 Å². The van der Waals surface area contributed by atoms with E-state index in [0.717, 1.165) is 33.5 Å². The summed E-state index contributed by atoms with van der Waals surface area (Å²) in [6.45, 7) is 12.9. The standard InChI is InChI=1S/C31H33NO2/c1-17(2)20-13-12-18(3)27-21(15-20)19(4)14-22(27)28-29(33)23(30(28)34)16-26-31(5,6)24-10-8-9-11-25(24)32(26)7/h8-17,26,28H,1-7H3. The molecule has 5 rings (SSSR count). The van der Waals surface area contributed by atoms with Gasteiger partial charge in [0.05, 0.1) is 11.6 Å². The van der Waals surface area contributed by atoms with Gasteiger partial charge in [-0.3, -0.25) is 9.59 Å². The van der Waals surface area contributed by atoms with Crippen LogP contribution in [0.1, 0.15) is 67.3 Å². The van der Waals surface area contributed by atoms with E-state index in [1.807, 2.05) is 19.2 Å². The molecule has 0 bridgehead atoms. The number of allylic oxidation sites excluding steroid dienone is 1. The van der Waals surface area contributed by atoms with Crippen molar-refractivity contribution in [2.75, 3.05) is 11.9 Å². The molecule has 1 heterocycles. The molecule has 0 saturated heterocycles. The molecule has 0 N–H and O–H groups in total. The number of ketones is 2. The van der Waals surface area contributed by atoms with E-state index >= 15 is 0 Å². The monoisotopic (exact) mass is 451 g/mol. The van der Waals surface area contributed by atoms with Crippen LogP contribution in [0.4, 0.5) is 5.69 Å². The van der Waals surface area contributed by atoms with Crippen molar-refractivity contribution in [1.29, 1.82) is 0 Å². The van der Waals surface area contributed by atoms with Gasteiger partial charge in [-0.05, 0) is 70.9 Å². The first kappa shape index (κ1) is 22.6. The smallest absolute Gasteiger partial charge is 0.181 e. The molecule has 174 valence electrons. The van der Waals surface area contributed by atoms with Crippen molar-refractivity contribution in [3.63, 3.8) is 0 Å². The van der Waals surface area contributed by atoms with Crippen LogP contribution in [0.2, 0.25) is 0 Å². The number of anilines is 1. The number of carbonyl (C=O) groups is 2. The van der Waals surface area contributed by atoms with Gasteiger partial charge in [-0.25, -0.2) is 0 Å². The molecule has 3 aliphatic carbocycles. The zero-order chi connectivity index (χ0) is 24.5. The number of nitrogens with zero attached hydrogens (tertiary/aromatic N) is 1. The number of benzene rings is 1. The summed E-state index contributed by atoms with van der Waals surface area (Å²) in [5.74, 6) is -0.382. The van der Waals surface area contributed by atoms with E-state index in [0.29, 0.717) is 11.5 Å². The Kier molecular flexibility index (Phi) is 5.09. The third-order valence-electron chi connectivity index (χ3n) is 8.08. The van der Waals surface area contributed by atoms with Crippen LogP contribution in [0.3, 0.4) is 0 Å². The first-order chi connectivity index (χ1) is 16.0. The molecule has 1 atom stereocenters. The molecular weight excluding hydrogens is 418 g/mol. The molecule has 3 heteroatoms. The lowest BCUT2D eigenvalue weighted by Gasteiger charge is -2.33. The van der Waals surface area contributed by atoms with Gasteiger partial charge in [-0.1, -0.05) is 70.2 Å². The summed E-state index contributed by atoms with van der Waals surface area (Å²) in [5, 5.41) is 0. The number of Topliss-reactive ketones (excluding diaryl/α,β-unsaturated/α-hetero) is 2. The molecule has 1 aromatic rings. The third-order valence-corrected chi connectivity index (χ3v) is 8.08. The van der Waals surface area contributed by atoms with Gasteiger partial charge in [-0.2, -0.15) is 0 Å². The molecule has 0 aromatic heterocycles. The van der Waals surface area contributed by atoms with Gasteiger partial charge in [0.25, 0.3) is 0 Å². The summed E-state index contributed by atoms with van der Waals surface area (Å²) in [4.78, 5) is 29.1. The van der Waals surface area contributed by atoms with Crippen molar-refractivity contribution in [3.8, 4) is 11.1 Å². The van der Waals surface area contributed by atoms with E-state index in [4.69, 9.17) is 0 Å². The van der Waals surface area contributed by atoms with E-state index in [-0.39, 0.29) is 23.0 Å². The third kappa shape index (κ3) is 3.10. The molecule has 4 aliphatic rings. The molecule has 1 aromatic carbocycles. The Bertz CT molecular complexity index is 1330. The molecule has 1 saturated carbocycles. The zero-order valence-electron chi connectivity index (χ0n) is 21.2. The lowest BCUT2D eigenvalue weighted by Crippen LogP contribution is -2.43. The Morgan fingerprint density at radius 3 is 2.26 bits per heavy atom. The largest absolute Gasteiger partial charge is 0.367 e. The lowest BCUT2D eigenvalue weighted by molar-refractivity contribution is -0.133. The van der Waals surface area contributed by atoms with E-state index in [9.17, 15) is 9.59 Å². The van der Waals surface area contributed by atoms with Crippen LogP contribution >= 0.6 is 0 Å². The highest BCUT2D eigenvalue weighted by Gasteiger charge is 2.49. The summed E-state index contributed by atoms with van der Waals surface area (Å²) in [7, 11) is 2.05. The Hall–Kier alpha value is -3.20. The van der Waals surface area contributed by atoms with Crippen molar-refractivity contribution < 1.29 is 9.59 Å². The summed E-state index contributed by atoms with van der Waals surface area (Å²) >= 11 is 0. The maximum atomic E-state index is 13.5. The van der Waals surface area contributed by atoms with Crippen LogP contribution in [0.25, 0.3) is 11.1 Å². The van der Waals surface area contributed by atoms with Crippen LogP contribution in [0.5, 0.6) is 0 Å². The van der Waals surface area contributed by atoms with Crippen LogP contribution in [-0.2, 0) is 15.0 Å². The number of hydrogen-bond donors (Lipinski definition) is 0. The van der Waals surface area contributed by atoms with E-state index < -0.39 is 5.92 Å². The number of aryl methyl sites for hydroxylation is 2. The highest BCUT2D eigenvalue weighted by Crippen LogP contribution is 2.48. The fraction of sp³-hybridized carbons (Fsp3) is 0.355. The quantitative estimate of drug-likeness (QED) is 0.259. The van der Waals surface area contributed by atoms with Crippen LogP contribution in [-0.4, -0.2) is 24.7 Å². The first-order valence-electron chi connectivity index (χ1n) is 12.2. The molecule has 1 aliphatic heterocycles. The highest BCUT2D eigenvalue weighted by atomic mass is 16.2. The molecule has 0 amide bonds. The summed E-state index contributed by atoms with van der Waals surface area (Å²) in [6, 6.07) is 16.9. The van der Waals surface area contributed by atoms with Gasteiger partial charge in [0, 0.05) is 18.2 Å². The zero-order valence-corrected chi connectivity index (χ0v) is 21.2. The summed E-state index contributed by atoms with van der Waals surface area (Å²) < 4.78 is 0. The number of rotatable bonds is 3. The molecule has 3 nitrogen and oxygen atoms in total.